The van der Waals surface area contributed by atoms with E-state index in [-0.39, 0.29) is 5.82 Å². The van der Waals surface area contributed by atoms with E-state index >= 15 is 0 Å². The standard InChI is InChI=1S/C11H17BO2/c1-3-4-5-10-8-11(12(13)14)7-6-9(10)2/h3-5,8-9,11,13-14H,1,6-7H2,2H3/b5-4-. The third-order valence-corrected chi connectivity index (χ3v) is 2.72. The third-order valence-electron chi connectivity index (χ3n) is 2.72. The van der Waals surface area contributed by atoms with Gasteiger partial charge in [0.1, 0.15) is 0 Å². The average molecular weight is 192 g/mol. The number of hydrogen-bond acceptors (Lipinski definition) is 2. The Hall–Kier alpha value is -0.795. The van der Waals surface area contributed by atoms with Gasteiger partial charge in [-0.1, -0.05) is 37.8 Å². The molecule has 2 unspecified atom stereocenters. The highest BCUT2D eigenvalue weighted by molar-refractivity contribution is 6.43. The second kappa shape index (κ2) is 5.18. The molecule has 1 aliphatic carbocycles. The van der Waals surface area contributed by atoms with E-state index in [9.17, 15) is 0 Å². The van der Waals surface area contributed by atoms with E-state index in [1.165, 1.54) is 5.57 Å². The average Bonchev–Trinajstić information content (AvgIpc) is 2.16. The zero-order chi connectivity index (χ0) is 10.6. The SMILES string of the molecule is C=C/C=C\C1=CC(B(O)O)CCC1C. The third kappa shape index (κ3) is 2.86. The fourth-order valence-corrected chi connectivity index (χ4v) is 1.74. The van der Waals surface area contributed by atoms with E-state index in [0.717, 1.165) is 12.8 Å². The van der Waals surface area contributed by atoms with Crippen LogP contribution in [0.25, 0.3) is 0 Å². The molecule has 0 aromatic heterocycles. The maximum Gasteiger partial charge on any atom is 0.458 e. The summed E-state index contributed by atoms with van der Waals surface area (Å²) in [5, 5.41) is 18.1. The summed E-state index contributed by atoms with van der Waals surface area (Å²) in [5.74, 6) is 0.386. The van der Waals surface area contributed by atoms with Gasteiger partial charge in [-0.25, -0.2) is 0 Å². The van der Waals surface area contributed by atoms with Crippen molar-refractivity contribution in [3.8, 4) is 0 Å². The van der Waals surface area contributed by atoms with Gasteiger partial charge in [-0.05, 0) is 24.3 Å². The van der Waals surface area contributed by atoms with Crippen molar-refractivity contribution >= 4 is 7.12 Å². The van der Waals surface area contributed by atoms with E-state index in [1.54, 1.807) is 6.08 Å². The summed E-state index contributed by atoms with van der Waals surface area (Å²) in [6.07, 6.45) is 9.42. The van der Waals surface area contributed by atoms with Crippen LogP contribution in [-0.4, -0.2) is 17.2 Å². The molecule has 0 aromatic rings. The minimum atomic E-state index is -1.23. The van der Waals surface area contributed by atoms with E-state index in [0.29, 0.717) is 5.92 Å². The van der Waals surface area contributed by atoms with Gasteiger partial charge in [-0.2, -0.15) is 0 Å². The first kappa shape index (κ1) is 11.3. The van der Waals surface area contributed by atoms with Crippen LogP contribution in [0.3, 0.4) is 0 Å². The van der Waals surface area contributed by atoms with Crippen LogP contribution in [-0.2, 0) is 0 Å². The molecule has 0 amide bonds. The normalized spacial score (nSPS) is 27.5. The van der Waals surface area contributed by atoms with Crippen molar-refractivity contribution in [1.29, 1.82) is 0 Å². The van der Waals surface area contributed by atoms with Crippen LogP contribution in [0.4, 0.5) is 0 Å². The molecule has 0 aromatic carbocycles. The molecule has 76 valence electrons. The van der Waals surface area contributed by atoms with Crippen molar-refractivity contribution in [2.24, 2.45) is 5.92 Å². The van der Waals surface area contributed by atoms with Gasteiger partial charge in [-0.3, -0.25) is 0 Å². The molecular weight excluding hydrogens is 175 g/mol. The highest BCUT2D eigenvalue weighted by Crippen LogP contribution is 2.32. The Morgan fingerprint density at radius 3 is 2.79 bits per heavy atom. The summed E-state index contributed by atoms with van der Waals surface area (Å²) in [4.78, 5) is 0. The van der Waals surface area contributed by atoms with Gasteiger partial charge in [0.25, 0.3) is 0 Å². The Morgan fingerprint density at radius 1 is 1.50 bits per heavy atom. The van der Waals surface area contributed by atoms with E-state index in [2.05, 4.69) is 13.5 Å². The molecule has 2 atom stereocenters. The van der Waals surface area contributed by atoms with Crippen molar-refractivity contribution in [3.05, 3.63) is 36.5 Å². The minimum absolute atomic E-state index is 0.115. The van der Waals surface area contributed by atoms with Crippen LogP contribution in [0.2, 0.25) is 5.82 Å². The van der Waals surface area contributed by atoms with Gasteiger partial charge in [0.2, 0.25) is 0 Å². The molecule has 0 bridgehead atoms. The lowest BCUT2D eigenvalue weighted by atomic mass is 9.65. The summed E-state index contributed by atoms with van der Waals surface area (Å²) >= 11 is 0. The van der Waals surface area contributed by atoms with Crippen LogP contribution < -0.4 is 0 Å². The van der Waals surface area contributed by atoms with Gasteiger partial charge in [-0.15, -0.1) is 0 Å². The molecule has 2 N–H and O–H groups in total. The Kier molecular flexibility index (Phi) is 4.17. The molecule has 0 heterocycles. The first-order valence-electron chi connectivity index (χ1n) is 5.02. The van der Waals surface area contributed by atoms with Crippen LogP contribution in [0.5, 0.6) is 0 Å². The van der Waals surface area contributed by atoms with Gasteiger partial charge < -0.3 is 10.0 Å². The Labute approximate surface area is 85.8 Å². The van der Waals surface area contributed by atoms with Crippen molar-refractivity contribution in [3.63, 3.8) is 0 Å². The molecule has 2 nitrogen and oxygen atoms in total. The molecule has 0 aliphatic heterocycles. The van der Waals surface area contributed by atoms with Crippen molar-refractivity contribution < 1.29 is 10.0 Å². The summed E-state index contributed by atoms with van der Waals surface area (Å²) < 4.78 is 0. The molecule has 3 heteroatoms. The quantitative estimate of drug-likeness (QED) is 0.529. The summed E-state index contributed by atoms with van der Waals surface area (Å²) in [7, 11) is -1.23. The molecule has 1 rings (SSSR count). The van der Waals surface area contributed by atoms with Crippen molar-refractivity contribution in [2.75, 3.05) is 0 Å². The highest BCUT2D eigenvalue weighted by atomic mass is 16.4. The fourth-order valence-electron chi connectivity index (χ4n) is 1.74. The number of rotatable bonds is 3. The van der Waals surface area contributed by atoms with Crippen LogP contribution in [0.15, 0.2) is 36.5 Å². The Bertz CT molecular complexity index is 256. The molecule has 0 radical (unpaired) electrons. The van der Waals surface area contributed by atoms with Gasteiger partial charge >= 0.3 is 7.12 Å². The van der Waals surface area contributed by atoms with Gasteiger partial charge in [0, 0.05) is 5.82 Å². The zero-order valence-corrected chi connectivity index (χ0v) is 8.56. The summed E-state index contributed by atoms with van der Waals surface area (Å²) in [6.45, 7) is 5.76. The van der Waals surface area contributed by atoms with Crippen molar-refractivity contribution in [1.82, 2.24) is 0 Å². The molecule has 1 aliphatic rings. The maximum absolute atomic E-state index is 9.07. The summed E-state index contributed by atoms with van der Waals surface area (Å²) in [5.41, 5.74) is 1.18. The van der Waals surface area contributed by atoms with Crippen molar-refractivity contribution in [2.45, 2.75) is 25.6 Å². The van der Waals surface area contributed by atoms with Crippen LogP contribution in [0, 0.1) is 5.92 Å². The monoisotopic (exact) mass is 192 g/mol. The molecule has 0 fully saturated rings. The smallest absolute Gasteiger partial charge is 0.427 e. The number of hydrogen-bond donors (Lipinski definition) is 2. The zero-order valence-electron chi connectivity index (χ0n) is 8.56. The first-order chi connectivity index (χ1) is 6.65. The Balaban J connectivity index is 2.76. The maximum atomic E-state index is 9.07. The van der Waals surface area contributed by atoms with E-state index < -0.39 is 7.12 Å². The number of allylic oxidation sites excluding steroid dienone is 5. The largest absolute Gasteiger partial charge is 0.458 e. The lowest BCUT2D eigenvalue weighted by molar-refractivity contribution is 0.380. The lowest BCUT2D eigenvalue weighted by Gasteiger charge is -2.24. The first-order valence-corrected chi connectivity index (χ1v) is 5.02. The topological polar surface area (TPSA) is 40.5 Å². The minimum Gasteiger partial charge on any atom is -0.427 e. The van der Waals surface area contributed by atoms with Crippen LogP contribution >= 0.6 is 0 Å². The predicted molar refractivity (Wildman–Crippen MR) is 59.8 cm³/mol. The molecule has 0 saturated heterocycles. The van der Waals surface area contributed by atoms with Gasteiger partial charge in [0.05, 0.1) is 0 Å². The van der Waals surface area contributed by atoms with E-state index in [4.69, 9.17) is 10.0 Å². The van der Waals surface area contributed by atoms with E-state index in [1.807, 2.05) is 18.2 Å². The predicted octanol–water partition coefficient (Wildman–Crippen LogP) is 1.93. The molecule has 0 saturated carbocycles. The molecule has 0 spiro atoms. The fraction of sp³-hybridized carbons (Fsp3) is 0.455. The second-order valence-electron chi connectivity index (χ2n) is 3.82. The van der Waals surface area contributed by atoms with Crippen LogP contribution in [0.1, 0.15) is 19.8 Å². The second-order valence-corrected chi connectivity index (χ2v) is 3.82. The lowest BCUT2D eigenvalue weighted by Crippen LogP contribution is -2.22. The molecular formula is C11H17BO2. The highest BCUT2D eigenvalue weighted by Gasteiger charge is 2.26. The molecule has 14 heavy (non-hydrogen) atoms. The summed E-state index contributed by atoms with van der Waals surface area (Å²) in [6, 6.07) is 0. The Morgan fingerprint density at radius 2 is 2.21 bits per heavy atom. The van der Waals surface area contributed by atoms with Gasteiger partial charge in [0.15, 0.2) is 0 Å².